The number of benzene rings is 3. The van der Waals surface area contributed by atoms with Crippen LogP contribution in [0.3, 0.4) is 0 Å². The van der Waals surface area contributed by atoms with E-state index in [0.717, 1.165) is 22.9 Å². The second-order valence-corrected chi connectivity index (χ2v) is 13.5. The first-order chi connectivity index (χ1) is 19.8. The zero-order chi connectivity index (χ0) is 30.9. The first kappa shape index (κ1) is 32.7. The van der Waals surface area contributed by atoms with Gasteiger partial charge in [0.1, 0.15) is 11.8 Å². The van der Waals surface area contributed by atoms with Crippen LogP contribution in [0.15, 0.2) is 78.9 Å². The smallest absolute Gasteiger partial charge is 0.243 e. The van der Waals surface area contributed by atoms with E-state index in [1.165, 1.54) is 4.31 Å². The highest BCUT2D eigenvalue weighted by atomic mass is 32.2. The molecule has 8 nitrogen and oxygen atoms in total. The van der Waals surface area contributed by atoms with Crippen molar-refractivity contribution in [1.29, 1.82) is 0 Å². The van der Waals surface area contributed by atoms with Gasteiger partial charge in [-0.1, -0.05) is 60.2 Å². The van der Waals surface area contributed by atoms with Gasteiger partial charge >= 0.3 is 0 Å². The highest BCUT2D eigenvalue weighted by Crippen LogP contribution is 2.23. The van der Waals surface area contributed by atoms with Crippen LogP contribution in [0.25, 0.3) is 0 Å². The van der Waals surface area contributed by atoms with Crippen molar-refractivity contribution in [3.8, 4) is 5.75 Å². The van der Waals surface area contributed by atoms with Crippen LogP contribution in [0, 0.1) is 6.92 Å². The lowest BCUT2D eigenvalue weighted by molar-refractivity contribution is -0.142. The average molecular weight is 594 g/mol. The average Bonchev–Trinajstić information content (AvgIpc) is 2.93. The number of nitrogens with zero attached hydrogens (tertiary/aromatic N) is 2. The van der Waals surface area contributed by atoms with E-state index in [-0.39, 0.29) is 37.7 Å². The molecule has 3 aromatic carbocycles. The summed E-state index contributed by atoms with van der Waals surface area (Å²) in [6.07, 6.45) is 1.85. The van der Waals surface area contributed by atoms with Gasteiger partial charge in [0.25, 0.3) is 0 Å². The molecule has 226 valence electrons. The highest BCUT2D eigenvalue weighted by molar-refractivity contribution is 7.92. The molecule has 0 heterocycles. The summed E-state index contributed by atoms with van der Waals surface area (Å²) < 4.78 is 31.8. The van der Waals surface area contributed by atoms with Crippen LogP contribution in [-0.2, 0) is 32.6 Å². The third kappa shape index (κ3) is 9.91. The molecule has 2 amide bonds. The van der Waals surface area contributed by atoms with Gasteiger partial charge in [-0.2, -0.15) is 0 Å². The zero-order valence-electron chi connectivity index (χ0n) is 25.5. The van der Waals surface area contributed by atoms with Gasteiger partial charge in [-0.15, -0.1) is 0 Å². The van der Waals surface area contributed by atoms with Crippen LogP contribution in [0.2, 0.25) is 0 Å². The molecule has 3 rings (SSSR count). The number of aryl methyl sites for hydroxylation is 1. The lowest BCUT2D eigenvalue weighted by Gasteiger charge is -2.34. The molecule has 1 atom stereocenters. The predicted octanol–water partition coefficient (Wildman–Crippen LogP) is 5.10. The summed E-state index contributed by atoms with van der Waals surface area (Å²) >= 11 is 0. The molecule has 0 saturated carbocycles. The fourth-order valence-corrected chi connectivity index (χ4v) is 5.61. The van der Waals surface area contributed by atoms with Crippen LogP contribution in [0.5, 0.6) is 5.75 Å². The molecule has 0 radical (unpaired) electrons. The van der Waals surface area contributed by atoms with Crippen molar-refractivity contribution in [1.82, 2.24) is 10.2 Å². The quantitative estimate of drug-likeness (QED) is 0.297. The minimum atomic E-state index is -3.60. The Kier molecular flexibility index (Phi) is 11.2. The Bertz CT molecular complexity index is 1420. The third-order valence-electron chi connectivity index (χ3n) is 6.76. The van der Waals surface area contributed by atoms with Crippen LogP contribution < -0.4 is 14.4 Å². The van der Waals surface area contributed by atoms with E-state index in [2.05, 4.69) is 5.32 Å². The Morgan fingerprint density at radius 1 is 0.905 bits per heavy atom. The molecule has 0 aliphatic carbocycles. The number of carbonyl (C=O) groups excluding carboxylic acids is 2. The monoisotopic (exact) mass is 593 g/mol. The summed E-state index contributed by atoms with van der Waals surface area (Å²) in [7, 11) is -2.05. The fraction of sp³-hybridized carbons (Fsp3) is 0.394. The van der Waals surface area contributed by atoms with Crippen molar-refractivity contribution < 1.29 is 22.7 Å². The van der Waals surface area contributed by atoms with Gasteiger partial charge in [0, 0.05) is 31.5 Å². The van der Waals surface area contributed by atoms with E-state index in [1.54, 1.807) is 36.3 Å². The van der Waals surface area contributed by atoms with Crippen molar-refractivity contribution in [2.24, 2.45) is 0 Å². The normalized spacial score (nSPS) is 12.3. The van der Waals surface area contributed by atoms with Crippen LogP contribution in [0.1, 0.15) is 50.3 Å². The molecule has 42 heavy (non-hydrogen) atoms. The van der Waals surface area contributed by atoms with E-state index in [0.29, 0.717) is 17.9 Å². The largest absolute Gasteiger partial charge is 0.497 e. The SMILES string of the molecule is COc1ccc(N(CCCC(=O)N(Cc2ccc(C)cc2)[C@@H](Cc2ccccc2)C(=O)NC(C)(C)C)S(C)(=O)=O)cc1. The number of anilines is 1. The van der Waals surface area contributed by atoms with Crippen molar-refractivity contribution in [2.45, 2.75) is 65.1 Å². The molecule has 0 saturated heterocycles. The Morgan fingerprint density at radius 3 is 2.07 bits per heavy atom. The summed E-state index contributed by atoms with van der Waals surface area (Å²) in [6.45, 7) is 8.11. The molecule has 9 heteroatoms. The lowest BCUT2D eigenvalue weighted by Crippen LogP contribution is -2.54. The molecular formula is C33H43N3O5S. The number of sulfonamides is 1. The number of rotatable bonds is 13. The van der Waals surface area contributed by atoms with E-state index >= 15 is 0 Å². The number of carbonyl (C=O) groups is 2. The summed E-state index contributed by atoms with van der Waals surface area (Å²) in [5.41, 5.74) is 2.96. The Hall–Kier alpha value is -3.85. The molecule has 0 spiro atoms. The maximum absolute atomic E-state index is 13.9. The Morgan fingerprint density at radius 2 is 1.52 bits per heavy atom. The molecule has 1 N–H and O–H groups in total. The number of nitrogens with one attached hydrogen (secondary N) is 1. The first-order valence-electron chi connectivity index (χ1n) is 14.1. The standard InChI is InChI=1S/C33H43N3O5S/c1-25-14-16-27(17-15-25)24-35(30(32(38)34-33(2,3)4)23-26-11-8-7-9-12-26)31(37)13-10-22-36(42(6,39)40)28-18-20-29(41-5)21-19-28/h7-9,11-12,14-21,30H,10,13,22-24H2,1-6H3,(H,34,38)/t30-/m0/s1. The molecule has 0 unspecified atom stereocenters. The number of hydrogen-bond acceptors (Lipinski definition) is 5. The lowest BCUT2D eigenvalue weighted by atomic mass is 10.00. The fourth-order valence-electron chi connectivity index (χ4n) is 4.65. The van der Waals surface area contributed by atoms with Crippen molar-refractivity contribution in [3.63, 3.8) is 0 Å². The summed E-state index contributed by atoms with van der Waals surface area (Å²) in [5.74, 6) is 0.165. The summed E-state index contributed by atoms with van der Waals surface area (Å²) in [6, 6.07) is 23.5. The van der Waals surface area contributed by atoms with E-state index in [4.69, 9.17) is 4.74 Å². The molecule has 0 bridgehead atoms. The topological polar surface area (TPSA) is 96.0 Å². The summed E-state index contributed by atoms with van der Waals surface area (Å²) in [4.78, 5) is 29.3. The maximum Gasteiger partial charge on any atom is 0.243 e. The minimum Gasteiger partial charge on any atom is -0.497 e. The number of amides is 2. The van der Waals surface area contributed by atoms with Gasteiger partial charge in [-0.05, 0) is 69.5 Å². The highest BCUT2D eigenvalue weighted by Gasteiger charge is 2.32. The maximum atomic E-state index is 13.9. The summed E-state index contributed by atoms with van der Waals surface area (Å²) in [5, 5.41) is 3.06. The second-order valence-electron chi connectivity index (χ2n) is 11.6. The van der Waals surface area contributed by atoms with Crippen molar-refractivity contribution in [2.75, 3.05) is 24.2 Å². The number of hydrogen-bond donors (Lipinski definition) is 1. The number of methoxy groups -OCH3 is 1. The van der Waals surface area contributed by atoms with Gasteiger partial charge in [-0.25, -0.2) is 8.42 Å². The molecular weight excluding hydrogens is 550 g/mol. The first-order valence-corrected chi connectivity index (χ1v) is 15.9. The van der Waals surface area contributed by atoms with Crippen LogP contribution >= 0.6 is 0 Å². The van der Waals surface area contributed by atoms with Gasteiger partial charge < -0.3 is 15.0 Å². The third-order valence-corrected chi connectivity index (χ3v) is 7.95. The van der Waals surface area contributed by atoms with E-state index < -0.39 is 21.6 Å². The van der Waals surface area contributed by atoms with Gasteiger partial charge in [0.15, 0.2) is 0 Å². The minimum absolute atomic E-state index is 0.0716. The molecule has 3 aromatic rings. The van der Waals surface area contributed by atoms with E-state index in [1.807, 2.05) is 82.3 Å². The number of ether oxygens (including phenoxy) is 1. The van der Waals surface area contributed by atoms with Crippen LogP contribution in [0.4, 0.5) is 5.69 Å². The molecule has 0 aliphatic rings. The molecule has 0 aromatic heterocycles. The Labute approximate surface area is 250 Å². The molecule has 0 aliphatic heterocycles. The molecule has 0 fully saturated rings. The zero-order valence-corrected chi connectivity index (χ0v) is 26.3. The van der Waals surface area contributed by atoms with E-state index in [9.17, 15) is 18.0 Å². The predicted molar refractivity (Wildman–Crippen MR) is 168 cm³/mol. The van der Waals surface area contributed by atoms with Crippen molar-refractivity contribution in [3.05, 3.63) is 95.6 Å². The van der Waals surface area contributed by atoms with Gasteiger partial charge in [0.05, 0.1) is 19.1 Å². The van der Waals surface area contributed by atoms with Gasteiger partial charge in [-0.3, -0.25) is 13.9 Å². The van der Waals surface area contributed by atoms with Gasteiger partial charge in [0.2, 0.25) is 21.8 Å². The van der Waals surface area contributed by atoms with Crippen molar-refractivity contribution >= 4 is 27.5 Å². The second kappa shape index (κ2) is 14.4. The Balaban J connectivity index is 1.88. The van der Waals surface area contributed by atoms with Crippen LogP contribution in [-0.4, -0.2) is 56.6 Å².